The fraction of sp³-hybridized carbons (Fsp3) is 0. The fourth-order valence-electron chi connectivity index (χ4n) is 2.30. The molecular formula is C20H16N4O. The van der Waals surface area contributed by atoms with Crippen LogP contribution in [0.2, 0.25) is 0 Å². The van der Waals surface area contributed by atoms with Crippen molar-refractivity contribution in [2.45, 2.75) is 0 Å². The highest BCUT2D eigenvalue weighted by molar-refractivity contribution is 6.00. The fourth-order valence-corrected chi connectivity index (χ4v) is 2.30. The van der Waals surface area contributed by atoms with E-state index in [1.54, 1.807) is 30.6 Å². The molecular weight excluding hydrogens is 312 g/mol. The molecule has 1 aromatic heterocycles. The third-order valence-corrected chi connectivity index (χ3v) is 3.56. The molecule has 0 radical (unpaired) electrons. The normalized spacial score (nSPS) is 11.2. The monoisotopic (exact) mass is 328 g/mol. The van der Waals surface area contributed by atoms with E-state index in [9.17, 15) is 4.79 Å². The highest BCUT2D eigenvalue weighted by Crippen LogP contribution is 2.23. The zero-order valence-electron chi connectivity index (χ0n) is 13.4. The summed E-state index contributed by atoms with van der Waals surface area (Å²) in [6.45, 7) is 0. The lowest BCUT2D eigenvalue weighted by Crippen LogP contribution is -1.95. The van der Waals surface area contributed by atoms with E-state index in [2.05, 4.69) is 15.0 Å². The molecule has 0 bridgehead atoms. The average Bonchev–Trinajstić information content (AvgIpc) is 2.69. The zero-order valence-corrected chi connectivity index (χ0v) is 13.4. The van der Waals surface area contributed by atoms with Crippen LogP contribution in [0.25, 0.3) is 22.5 Å². The van der Waals surface area contributed by atoms with Crippen LogP contribution in [0.3, 0.4) is 0 Å². The van der Waals surface area contributed by atoms with Gasteiger partial charge in [0.25, 0.3) is 5.91 Å². The lowest BCUT2D eigenvalue weighted by atomic mass is 10.0. The number of nitrogens with zero attached hydrogens (tertiary/aromatic N) is 3. The maximum absolute atomic E-state index is 11.9. The molecule has 0 atom stereocenters. The van der Waals surface area contributed by atoms with Crippen molar-refractivity contribution in [1.82, 2.24) is 9.97 Å². The molecule has 3 rings (SSSR count). The third kappa shape index (κ3) is 4.03. The number of aromatic nitrogens is 2. The van der Waals surface area contributed by atoms with Gasteiger partial charge >= 0.3 is 0 Å². The maximum Gasteiger partial charge on any atom is 0.276 e. The number of hydrogen-bond acceptors (Lipinski definition) is 4. The number of rotatable bonds is 4. The molecule has 2 N–H and O–H groups in total. The third-order valence-electron chi connectivity index (χ3n) is 3.56. The molecule has 5 heteroatoms. The standard InChI is InChI=1S/C20H16N4O/c21-11-1-12-24-20(25)18-9-5-16(6-10-18)15-3-7-17(8-4-15)19-22-13-2-14-23-19/h1-14H,21H2/b11-1-,24-12?. The summed E-state index contributed by atoms with van der Waals surface area (Å²) < 4.78 is 0. The molecule has 3 aromatic rings. The summed E-state index contributed by atoms with van der Waals surface area (Å²) in [5.41, 5.74) is 8.74. The van der Waals surface area contributed by atoms with Gasteiger partial charge < -0.3 is 5.73 Å². The molecule has 25 heavy (non-hydrogen) atoms. The molecule has 1 heterocycles. The molecule has 0 saturated carbocycles. The Balaban J connectivity index is 1.77. The maximum atomic E-state index is 11.9. The lowest BCUT2D eigenvalue weighted by Gasteiger charge is -2.04. The molecule has 5 nitrogen and oxygen atoms in total. The van der Waals surface area contributed by atoms with Crippen LogP contribution >= 0.6 is 0 Å². The Kier molecular flexibility index (Phi) is 5.07. The van der Waals surface area contributed by atoms with Crippen LogP contribution in [-0.2, 0) is 0 Å². The number of benzene rings is 2. The number of carbonyl (C=O) groups excluding carboxylic acids is 1. The van der Waals surface area contributed by atoms with Gasteiger partial charge in [-0.25, -0.2) is 15.0 Å². The van der Waals surface area contributed by atoms with Crippen molar-refractivity contribution in [3.8, 4) is 22.5 Å². The van der Waals surface area contributed by atoms with Crippen molar-refractivity contribution in [3.05, 3.63) is 84.8 Å². The SMILES string of the molecule is N/C=C\C=NC(=O)c1ccc(-c2ccc(-c3ncccn3)cc2)cc1. The Morgan fingerprint density at radius 1 is 0.880 bits per heavy atom. The Bertz CT molecular complexity index is 899. The smallest absolute Gasteiger partial charge is 0.276 e. The molecule has 0 fully saturated rings. The minimum Gasteiger partial charge on any atom is -0.405 e. The molecule has 0 aliphatic carbocycles. The number of amides is 1. The van der Waals surface area contributed by atoms with Gasteiger partial charge in [0.05, 0.1) is 0 Å². The predicted molar refractivity (Wildman–Crippen MR) is 99.1 cm³/mol. The Labute approximate surface area is 145 Å². The number of allylic oxidation sites excluding steroid dienone is 1. The Morgan fingerprint density at radius 2 is 1.44 bits per heavy atom. The number of aliphatic imine (C=N–C) groups is 1. The molecule has 0 saturated heterocycles. The van der Waals surface area contributed by atoms with E-state index < -0.39 is 0 Å². The molecule has 1 amide bonds. The van der Waals surface area contributed by atoms with E-state index in [-0.39, 0.29) is 5.91 Å². The van der Waals surface area contributed by atoms with E-state index >= 15 is 0 Å². The van der Waals surface area contributed by atoms with Crippen LogP contribution in [0.1, 0.15) is 10.4 Å². The minimum atomic E-state index is -0.304. The number of nitrogens with two attached hydrogens (primary N) is 1. The van der Waals surface area contributed by atoms with Crippen molar-refractivity contribution in [2.24, 2.45) is 10.7 Å². The molecule has 0 aliphatic heterocycles. The zero-order chi connectivity index (χ0) is 17.5. The highest BCUT2D eigenvalue weighted by atomic mass is 16.1. The minimum absolute atomic E-state index is 0.304. The van der Waals surface area contributed by atoms with E-state index in [0.29, 0.717) is 11.4 Å². The van der Waals surface area contributed by atoms with Gasteiger partial charge in [-0.2, -0.15) is 0 Å². The van der Waals surface area contributed by atoms with Crippen LogP contribution in [-0.4, -0.2) is 22.1 Å². The average molecular weight is 328 g/mol. The van der Waals surface area contributed by atoms with Crippen molar-refractivity contribution >= 4 is 12.1 Å². The lowest BCUT2D eigenvalue weighted by molar-refractivity contribution is 0.100. The summed E-state index contributed by atoms with van der Waals surface area (Å²) in [6, 6.07) is 17.1. The first-order valence-electron chi connectivity index (χ1n) is 7.71. The quantitative estimate of drug-likeness (QED) is 0.743. The summed E-state index contributed by atoms with van der Waals surface area (Å²) >= 11 is 0. The summed E-state index contributed by atoms with van der Waals surface area (Å²) in [5, 5.41) is 0. The van der Waals surface area contributed by atoms with Crippen molar-refractivity contribution in [1.29, 1.82) is 0 Å². The van der Waals surface area contributed by atoms with Crippen LogP contribution < -0.4 is 5.73 Å². The summed E-state index contributed by atoms with van der Waals surface area (Å²) in [4.78, 5) is 24.1. The van der Waals surface area contributed by atoms with E-state index in [4.69, 9.17) is 5.73 Å². The molecule has 0 spiro atoms. The van der Waals surface area contributed by atoms with Gasteiger partial charge in [-0.1, -0.05) is 36.4 Å². The van der Waals surface area contributed by atoms with Gasteiger partial charge in [0, 0.05) is 29.7 Å². The van der Waals surface area contributed by atoms with Crippen LogP contribution in [0.4, 0.5) is 0 Å². The van der Waals surface area contributed by atoms with E-state index in [1.165, 1.54) is 18.5 Å². The topological polar surface area (TPSA) is 81.2 Å². The Hall–Kier alpha value is -3.60. The van der Waals surface area contributed by atoms with Crippen LogP contribution in [0.15, 0.2) is 84.3 Å². The van der Waals surface area contributed by atoms with Crippen LogP contribution in [0, 0.1) is 0 Å². The van der Waals surface area contributed by atoms with Gasteiger partial charge in [-0.3, -0.25) is 4.79 Å². The molecule has 0 unspecified atom stereocenters. The first kappa shape index (κ1) is 16.3. The van der Waals surface area contributed by atoms with Crippen molar-refractivity contribution < 1.29 is 4.79 Å². The molecule has 2 aromatic carbocycles. The van der Waals surface area contributed by atoms with Gasteiger partial charge in [-0.05, 0) is 41.6 Å². The van der Waals surface area contributed by atoms with Gasteiger partial charge in [-0.15, -0.1) is 0 Å². The second-order valence-corrected chi connectivity index (χ2v) is 5.20. The summed E-state index contributed by atoms with van der Waals surface area (Å²) in [5.74, 6) is 0.389. The summed E-state index contributed by atoms with van der Waals surface area (Å²) in [6.07, 6.45) is 7.64. The molecule has 122 valence electrons. The van der Waals surface area contributed by atoms with Crippen LogP contribution in [0.5, 0.6) is 0 Å². The van der Waals surface area contributed by atoms with Gasteiger partial charge in [0.1, 0.15) is 0 Å². The Morgan fingerprint density at radius 3 is 2.04 bits per heavy atom. The predicted octanol–water partition coefficient (Wildman–Crippen LogP) is 3.49. The second-order valence-electron chi connectivity index (χ2n) is 5.20. The van der Waals surface area contributed by atoms with Gasteiger partial charge in [0.15, 0.2) is 5.82 Å². The largest absolute Gasteiger partial charge is 0.405 e. The van der Waals surface area contributed by atoms with Crippen molar-refractivity contribution in [3.63, 3.8) is 0 Å². The second kappa shape index (κ2) is 7.79. The summed E-state index contributed by atoms with van der Waals surface area (Å²) in [7, 11) is 0. The van der Waals surface area contributed by atoms with E-state index in [0.717, 1.165) is 16.7 Å². The van der Waals surface area contributed by atoms with Crippen molar-refractivity contribution in [2.75, 3.05) is 0 Å². The van der Waals surface area contributed by atoms with E-state index in [1.807, 2.05) is 36.4 Å². The first-order valence-corrected chi connectivity index (χ1v) is 7.71. The number of carbonyl (C=O) groups is 1. The molecule has 0 aliphatic rings. The number of hydrogen-bond donors (Lipinski definition) is 1. The first-order chi connectivity index (χ1) is 12.3. The van der Waals surface area contributed by atoms with Gasteiger partial charge in [0.2, 0.25) is 0 Å². The highest BCUT2D eigenvalue weighted by Gasteiger charge is 2.05.